The van der Waals surface area contributed by atoms with Crippen LogP contribution in [0.4, 0.5) is 0 Å². The molecule has 1 saturated heterocycles. The lowest BCUT2D eigenvalue weighted by Crippen LogP contribution is -1.99. The van der Waals surface area contributed by atoms with E-state index in [2.05, 4.69) is 5.16 Å². The van der Waals surface area contributed by atoms with Gasteiger partial charge in [-0.1, -0.05) is 5.16 Å². The van der Waals surface area contributed by atoms with Crippen LogP contribution in [0.1, 0.15) is 23.7 Å². The number of nitrogens with zero attached hydrogens (tertiary/aromatic N) is 1. The van der Waals surface area contributed by atoms with Crippen molar-refractivity contribution in [2.45, 2.75) is 18.9 Å². The molecule has 1 atom stereocenters. The SMILES string of the molecule is OCc1cnoc1C1CCOC1. The average molecular weight is 169 g/mol. The van der Waals surface area contributed by atoms with Crippen molar-refractivity contribution < 1.29 is 14.4 Å². The summed E-state index contributed by atoms with van der Waals surface area (Å²) < 4.78 is 10.3. The van der Waals surface area contributed by atoms with Gasteiger partial charge < -0.3 is 14.4 Å². The van der Waals surface area contributed by atoms with Gasteiger partial charge in [0.25, 0.3) is 0 Å². The van der Waals surface area contributed by atoms with Crippen LogP contribution in [-0.2, 0) is 11.3 Å². The lowest BCUT2D eigenvalue weighted by Gasteiger charge is -2.02. The molecule has 0 aromatic carbocycles. The molecule has 1 aromatic heterocycles. The molecule has 2 heterocycles. The van der Waals surface area contributed by atoms with Crippen LogP contribution in [0, 0.1) is 0 Å². The fourth-order valence-electron chi connectivity index (χ4n) is 1.47. The molecule has 0 saturated carbocycles. The van der Waals surface area contributed by atoms with Crippen LogP contribution in [0.5, 0.6) is 0 Å². The minimum atomic E-state index is -0.00463. The van der Waals surface area contributed by atoms with E-state index in [1.165, 1.54) is 0 Å². The van der Waals surface area contributed by atoms with E-state index in [4.69, 9.17) is 14.4 Å². The zero-order valence-electron chi connectivity index (χ0n) is 6.69. The largest absolute Gasteiger partial charge is 0.391 e. The van der Waals surface area contributed by atoms with Gasteiger partial charge in [0.15, 0.2) is 0 Å². The third-order valence-corrected chi connectivity index (χ3v) is 2.15. The molecule has 0 aliphatic carbocycles. The van der Waals surface area contributed by atoms with Crippen LogP contribution < -0.4 is 0 Å². The topological polar surface area (TPSA) is 55.5 Å². The Labute approximate surface area is 70.1 Å². The molecule has 2 rings (SSSR count). The zero-order chi connectivity index (χ0) is 8.39. The van der Waals surface area contributed by atoms with E-state index in [-0.39, 0.29) is 12.5 Å². The number of ether oxygens (including phenoxy) is 1. The van der Waals surface area contributed by atoms with Gasteiger partial charge in [-0.3, -0.25) is 0 Å². The van der Waals surface area contributed by atoms with E-state index in [1.807, 2.05) is 0 Å². The number of hydrogen-bond acceptors (Lipinski definition) is 4. The predicted molar refractivity (Wildman–Crippen MR) is 40.6 cm³/mol. The van der Waals surface area contributed by atoms with Crippen LogP contribution in [0.25, 0.3) is 0 Å². The monoisotopic (exact) mass is 169 g/mol. The van der Waals surface area contributed by atoms with Crippen molar-refractivity contribution in [2.75, 3.05) is 13.2 Å². The number of aliphatic hydroxyl groups is 1. The highest BCUT2D eigenvalue weighted by Crippen LogP contribution is 2.27. The fraction of sp³-hybridized carbons (Fsp3) is 0.625. The van der Waals surface area contributed by atoms with E-state index in [9.17, 15) is 0 Å². The normalized spacial score (nSPS) is 23.2. The summed E-state index contributed by atoms with van der Waals surface area (Å²) in [7, 11) is 0. The van der Waals surface area contributed by atoms with Crippen molar-refractivity contribution >= 4 is 0 Å². The molecule has 66 valence electrons. The van der Waals surface area contributed by atoms with Crippen LogP contribution in [0.2, 0.25) is 0 Å². The van der Waals surface area contributed by atoms with E-state index in [0.29, 0.717) is 6.61 Å². The van der Waals surface area contributed by atoms with Crippen LogP contribution in [0.15, 0.2) is 10.7 Å². The van der Waals surface area contributed by atoms with Crippen molar-refractivity contribution in [3.63, 3.8) is 0 Å². The Bertz CT molecular complexity index is 253. The number of aliphatic hydroxyl groups excluding tert-OH is 1. The summed E-state index contributed by atoms with van der Waals surface area (Å²) in [5.74, 6) is 1.07. The van der Waals surface area contributed by atoms with E-state index >= 15 is 0 Å². The average Bonchev–Trinajstić information content (AvgIpc) is 2.74. The van der Waals surface area contributed by atoms with Crippen LogP contribution in [0.3, 0.4) is 0 Å². The summed E-state index contributed by atoms with van der Waals surface area (Å²) in [6.45, 7) is 1.45. The van der Waals surface area contributed by atoms with E-state index in [0.717, 1.165) is 24.4 Å². The maximum atomic E-state index is 8.93. The summed E-state index contributed by atoms with van der Waals surface area (Å²) in [6, 6.07) is 0. The minimum Gasteiger partial charge on any atom is -0.391 e. The van der Waals surface area contributed by atoms with Gasteiger partial charge in [-0.05, 0) is 6.42 Å². The number of rotatable bonds is 2. The van der Waals surface area contributed by atoms with Crippen molar-refractivity contribution in [3.05, 3.63) is 17.5 Å². The van der Waals surface area contributed by atoms with Gasteiger partial charge in [0.2, 0.25) is 0 Å². The second kappa shape index (κ2) is 3.25. The first kappa shape index (κ1) is 7.76. The standard InChI is InChI=1S/C8H11NO3/c10-4-7-3-9-12-8(7)6-1-2-11-5-6/h3,6,10H,1-2,4-5H2. The van der Waals surface area contributed by atoms with E-state index in [1.54, 1.807) is 6.20 Å². The van der Waals surface area contributed by atoms with Crippen LogP contribution in [-0.4, -0.2) is 23.5 Å². The molecule has 0 bridgehead atoms. The molecule has 1 aliphatic rings. The molecular weight excluding hydrogens is 158 g/mol. The van der Waals surface area contributed by atoms with E-state index < -0.39 is 0 Å². The molecule has 4 heteroatoms. The Hall–Kier alpha value is -0.870. The van der Waals surface area contributed by atoms with Gasteiger partial charge in [0.1, 0.15) is 5.76 Å². The Morgan fingerprint density at radius 3 is 3.25 bits per heavy atom. The highest BCUT2D eigenvalue weighted by atomic mass is 16.5. The van der Waals surface area contributed by atoms with Crippen molar-refractivity contribution in [2.24, 2.45) is 0 Å². The van der Waals surface area contributed by atoms with Crippen molar-refractivity contribution in [3.8, 4) is 0 Å². The second-order valence-corrected chi connectivity index (χ2v) is 2.93. The minimum absolute atomic E-state index is 0.00463. The van der Waals surface area contributed by atoms with Crippen molar-refractivity contribution in [1.29, 1.82) is 0 Å². The first-order valence-corrected chi connectivity index (χ1v) is 4.04. The summed E-state index contributed by atoms with van der Waals surface area (Å²) in [4.78, 5) is 0. The molecule has 4 nitrogen and oxygen atoms in total. The van der Waals surface area contributed by atoms with Gasteiger partial charge in [-0.15, -0.1) is 0 Å². The Kier molecular flexibility index (Phi) is 2.10. The first-order valence-electron chi connectivity index (χ1n) is 4.04. The molecule has 1 aliphatic heterocycles. The summed E-state index contributed by atoms with van der Waals surface area (Å²) >= 11 is 0. The van der Waals surface area contributed by atoms with Gasteiger partial charge >= 0.3 is 0 Å². The maximum absolute atomic E-state index is 8.93. The lowest BCUT2D eigenvalue weighted by atomic mass is 10.0. The number of aromatic nitrogens is 1. The molecule has 1 aromatic rings. The molecule has 12 heavy (non-hydrogen) atoms. The molecule has 0 spiro atoms. The summed E-state index contributed by atoms with van der Waals surface area (Å²) in [5.41, 5.74) is 0.783. The zero-order valence-corrected chi connectivity index (χ0v) is 6.69. The summed E-state index contributed by atoms with van der Waals surface area (Å²) in [5, 5.41) is 12.6. The predicted octanol–water partition coefficient (Wildman–Crippen LogP) is 0.671. The molecule has 1 N–H and O–H groups in total. The maximum Gasteiger partial charge on any atom is 0.147 e. The highest BCUT2D eigenvalue weighted by molar-refractivity contribution is 5.17. The molecule has 1 unspecified atom stereocenters. The molecule has 1 fully saturated rings. The van der Waals surface area contributed by atoms with Gasteiger partial charge in [0, 0.05) is 18.1 Å². The Balaban J connectivity index is 2.19. The lowest BCUT2D eigenvalue weighted by molar-refractivity contribution is 0.189. The molecule has 0 amide bonds. The van der Waals surface area contributed by atoms with Crippen LogP contribution >= 0.6 is 0 Å². The fourth-order valence-corrected chi connectivity index (χ4v) is 1.47. The summed E-state index contributed by atoms with van der Waals surface area (Å²) in [6.07, 6.45) is 2.52. The molecule has 0 radical (unpaired) electrons. The Morgan fingerprint density at radius 2 is 2.58 bits per heavy atom. The highest BCUT2D eigenvalue weighted by Gasteiger charge is 2.23. The second-order valence-electron chi connectivity index (χ2n) is 2.93. The quantitative estimate of drug-likeness (QED) is 0.707. The van der Waals surface area contributed by atoms with Gasteiger partial charge in [-0.2, -0.15) is 0 Å². The number of hydrogen-bond donors (Lipinski definition) is 1. The first-order chi connectivity index (χ1) is 5.92. The third kappa shape index (κ3) is 1.23. The smallest absolute Gasteiger partial charge is 0.147 e. The Morgan fingerprint density at radius 1 is 1.67 bits per heavy atom. The van der Waals surface area contributed by atoms with Gasteiger partial charge in [-0.25, -0.2) is 0 Å². The van der Waals surface area contributed by atoms with Gasteiger partial charge in [0.05, 0.1) is 19.4 Å². The third-order valence-electron chi connectivity index (χ3n) is 2.15. The van der Waals surface area contributed by atoms with Crippen molar-refractivity contribution in [1.82, 2.24) is 5.16 Å². The molecular formula is C8H11NO3.